The summed E-state index contributed by atoms with van der Waals surface area (Å²) in [7, 11) is 0. The average molecular weight is 480 g/mol. The molecule has 2 heterocycles. The highest BCUT2D eigenvalue weighted by molar-refractivity contribution is 5.97. The van der Waals surface area contributed by atoms with Crippen LogP contribution < -0.4 is 5.32 Å². The molecule has 0 bridgehead atoms. The number of phenols is 1. The first kappa shape index (κ1) is 22.4. The molecule has 0 aliphatic carbocycles. The molecule has 0 spiro atoms. The Balaban J connectivity index is 0.00000253. The number of aromatic amines is 1. The molecule has 0 fully saturated rings. The number of fused-ring (bicyclic) bond motifs is 2. The van der Waals surface area contributed by atoms with Gasteiger partial charge in [-0.3, -0.25) is 0 Å². The third kappa shape index (κ3) is 4.52. The number of halogens is 1. The molecular weight excluding hydrogens is 458 g/mol. The quantitative estimate of drug-likeness (QED) is 0.258. The Morgan fingerprint density at radius 1 is 0.771 bits per heavy atom. The van der Waals surface area contributed by atoms with E-state index in [-0.39, 0.29) is 18.2 Å². The smallest absolute Gasteiger partial charge is 0.205 e. The lowest BCUT2D eigenvalue weighted by Crippen LogP contribution is -1.99. The summed E-state index contributed by atoms with van der Waals surface area (Å²) in [5.74, 6) is 0.949. The number of imidazole rings is 1. The first-order valence-corrected chi connectivity index (χ1v) is 11.1. The molecule has 172 valence electrons. The summed E-state index contributed by atoms with van der Waals surface area (Å²) in [6, 6.07) is 31.5. The van der Waals surface area contributed by atoms with Gasteiger partial charge in [0.15, 0.2) is 0 Å². The van der Waals surface area contributed by atoms with Crippen molar-refractivity contribution in [1.29, 1.82) is 0 Å². The monoisotopic (exact) mass is 479 g/mol. The molecule has 2 aromatic heterocycles. The molecule has 4 aromatic carbocycles. The Morgan fingerprint density at radius 3 is 2.31 bits per heavy atom. The number of hydrogen-bond donors (Lipinski definition) is 3. The highest BCUT2D eigenvalue weighted by Gasteiger charge is 2.13. The number of hydrogen-bond acceptors (Lipinski definition) is 5. The van der Waals surface area contributed by atoms with Crippen LogP contribution in [0.25, 0.3) is 33.1 Å². The van der Waals surface area contributed by atoms with Gasteiger partial charge in [0.2, 0.25) is 5.95 Å². The van der Waals surface area contributed by atoms with Crippen molar-refractivity contribution in [3.05, 3.63) is 108 Å². The molecule has 3 N–H and O–H groups in total. The minimum Gasteiger partial charge on any atom is -0.508 e. The Morgan fingerprint density at radius 2 is 1.51 bits per heavy atom. The van der Waals surface area contributed by atoms with Gasteiger partial charge in [-0.2, -0.15) is 5.10 Å². The van der Waals surface area contributed by atoms with Crippen LogP contribution in [-0.2, 0) is 6.42 Å². The molecule has 0 saturated heterocycles. The van der Waals surface area contributed by atoms with Crippen molar-refractivity contribution in [2.24, 2.45) is 0 Å². The second kappa shape index (κ2) is 9.44. The lowest BCUT2D eigenvalue weighted by Gasteiger charge is -2.10. The summed E-state index contributed by atoms with van der Waals surface area (Å²) in [5, 5.41) is 24.2. The van der Waals surface area contributed by atoms with Crippen LogP contribution in [0.5, 0.6) is 5.75 Å². The molecule has 0 atom stereocenters. The molecule has 35 heavy (non-hydrogen) atoms. The molecule has 0 aliphatic rings. The zero-order chi connectivity index (χ0) is 22.9. The van der Waals surface area contributed by atoms with Gasteiger partial charge in [-0.15, -0.1) is 17.5 Å². The molecule has 6 aromatic rings. The number of phenolic OH excluding ortho intramolecular Hbond substituents is 1. The second-order valence-electron chi connectivity index (χ2n) is 8.19. The zero-order valence-electron chi connectivity index (χ0n) is 18.6. The number of aromatic nitrogens is 4. The molecule has 0 amide bonds. The summed E-state index contributed by atoms with van der Waals surface area (Å²) in [5.41, 5.74) is 6.56. The minimum absolute atomic E-state index is 0. The van der Waals surface area contributed by atoms with Gasteiger partial charge in [0, 0.05) is 28.4 Å². The Hall–Kier alpha value is -4.42. The topological polar surface area (TPSA) is 86.7 Å². The number of nitrogens with zero attached hydrogens (tertiary/aromatic N) is 3. The van der Waals surface area contributed by atoms with E-state index in [1.165, 1.54) is 0 Å². The maximum atomic E-state index is 9.57. The van der Waals surface area contributed by atoms with E-state index in [2.05, 4.69) is 43.7 Å². The van der Waals surface area contributed by atoms with Crippen LogP contribution in [0.2, 0.25) is 0 Å². The number of nitrogens with one attached hydrogen (secondary N) is 2. The number of H-pyrrole nitrogens is 1. The maximum Gasteiger partial charge on any atom is 0.205 e. The molecular formula is C28H22ClN5O. The molecule has 7 heteroatoms. The number of benzene rings is 4. The van der Waals surface area contributed by atoms with Crippen LogP contribution in [0, 0.1) is 0 Å². The van der Waals surface area contributed by atoms with Crippen molar-refractivity contribution < 1.29 is 5.11 Å². The Bertz CT molecular complexity index is 1610. The number of rotatable bonds is 5. The first-order chi connectivity index (χ1) is 16.7. The van der Waals surface area contributed by atoms with Gasteiger partial charge in [-0.05, 0) is 42.0 Å². The fraction of sp³-hybridized carbons (Fsp3) is 0.0357. The van der Waals surface area contributed by atoms with E-state index in [1.54, 1.807) is 12.1 Å². The van der Waals surface area contributed by atoms with E-state index in [9.17, 15) is 5.11 Å². The van der Waals surface area contributed by atoms with Crippen molar-refractivity contribution in [3.8, 4) is 17.0 Å². The molecule has 0 saturated carbocycles. The standard InChI is InChI=1S/C28H21N5O.ClH/c34-21-13-10-18(11-14-21)16-25-22-8-4-5-9-23(22)27(33-32-25)19-12-15-24-26(17-19)31-28(30-24)29-20-6-2-1-3-7-20;/h1-15,17,34H,16H2,(H2,29,30,31);1H. The molecule has 0 radical (unpaired) electrons. The third-order valence-corrected chi connectivity index (χ3v) is 5.86. The first-order valence-electron chi connectivity index (χ1n) is 11.1. The summed E-state index contributed by atoms with van der Waals surface area (Å²) in [6.45, 7) is 0. The Labute approximate surface area is 208 Å². The predicted octanol–water partition coefficient (Wildman–Crippen LogP) is 6.63. The Kier molecular flexibility index (Phi) is 6.04. The van der Waals surface area contributed by atoms with Crippen LogP contribution in [0.15, 0.2) is 97.1 Å². The van der Waals surface area contributed by atoms with Crippen molar-refractivity contribution in [1.82, 2.24) is 20.2 Å². The summed E-state index contributed by atoms with van der Waals surface area (Å²) < 4.78 is 0. The van der Waals surface area contributed by atoms with E-state index >= 15 is 0 Å². The third-order valence-electron chi connectivity index (χ3n) is 5.86. The highest BCUT2D eigenvalue weighted by Crippen LogP contribution is 2.31. The molecule has 6 rings (SSSR count). The summed E-state index contributed by atoms with van der Waals surface area (Å²) in [6.07, 6.45) is 0.641. The van der Waals surface area contributed by atoms with E-state index in [1.807, 2.05) is 66.7 Å². The SMILES string of the molecule is Cl.Oc1ccc(Cc2nnc(-c3ccc4nc(Nc5ccccc5)[nH]c4c3)c3ccccc23)cc1. The van der Waals surface area contributed by atoms with E-state index in [0.29, 0.717) is 12.4 Å². The van der Waals surface area contributed by atoms with Crippen LogP contribution in [0.4, 0.5) is 11.6 Å². The van der Waals surface area contributed by atoms with Crippen molar-refractivity contribution in [3.63, 3.8) is 0 Å². The lowest BCUT2D eigenvalue weighted by molar-refractivity contribution is 0.475. The van der Waals surface area contributed by atoms with Gasteiger partial charge in [-0.1, -0.05) is 60.7 Å². The average Bonchev–Trinajstić information content (AvgIpc) is 3.27. The van der Waals surface area contributed by atoms with Crippen LogP contribution in [-0.4, -0.2) is 25.3 Å². The van der Waals surface area contributed by atoms with Crippen LogP contribution in [0.3, 0.4) is 0 Å². The van der Waals surface area contributed by atoms with Gasteiger partial charge in [0.1, 0.15) is 11.4 Å². The van der Waals surface area contributed by atoms with Crippen molar-refractivity contribution in [2.75, 3.05) is 5.32 Å². The van der Waals surface area contributed by atoms with Crippen LogP contribution >= 0.6 is 12.4 Å². The number of aromatic hydroxyl groups is 1. The zero-order valence-corrected chi connectivity index (χ0v) is 19.5. The van der Waals surface area contributed by atoms with Gasteiger partial charge in [0.25, 0.3) is 0 Å². The largest absolute Gasteiger partial charge is 0.508 e. The van der Waals surface area contributed by atoms with E-state index < -0.39 is 0 Å². The fourth-order valence-corrected chi connectivity index (χ4v) is 4.18. The van der Waals surface area contributed by atoms with Crippen molar-refractivity contribution in [2.45, 2.75) is 6.42 Å². The van der Waals surface area contributed by atoms with Gasteiger partial charge in [0.05, 0.1) is 16.7 Å². The van der Waals surface area contributed by atoms with E-state index in [0.717, 1.165) is 50.0 Å². The van der Waals surface area contributed by atoms with E-state index in [4.69, 9.17) is 0 Å². The normalized spacial score (nSPS) is 10.9. The second-order valence-corrected chi connectivity index (χ2v) is 8.19. The molecule has 0 unspecified atom stereocenters. The predicted molar refractivity (Wildman–Crippen MR) is 143 cm³/mol. The molecule has 6 nitrogen and oxygen atoms in total. The number of para-hydroxylation sites is 1. The van der Waals surface area contributed by atoms with Crippen LogP contribution in [0.1, 0.15) is 11.3 Å². The lowest BCUT2D eigenvalue weighted by atomic mass is 10.00. The van der Waals surface area contributed by atoms with Gasteiger partial charge < -0.3 is 15.4 Å². The summed E-state index contributed by atoms with van der Waals surface area (Å²) >= 11 is 0. The summed E-state index contributed by atoms with van der Waals surface area (Å²) in [4.78, 5) is 8.01. The van der Waals surface area contributed by atoms with Gasteiger partial charge >= 0.3 is 0 Å². The fourth-order valence-electron chi connectivity index (χ4n) is 4.18. The van der Waals surface area contributed by atoms with Gasteiger partial charge in [-0.25, -0.2) is 4.98 Å². The minimum atomic E-state index is 0. The molecule has 0 aliphatic heterocycles. The number of anilines is 2. The maximum absolute atomic E-state index is 9.57. The highest BCUT2D eigenvalue weighted by atomic mass is 35.5. The van der Waals surface area contributed by atoms with Crippen molar-refractivity contribution >= 4 is 45.8 Å².